The van der Waals surface area contributed by atoms with Gasteiger partial charge in [0, 0.05) is 37.6 Å². The van der Waals surface area contributed by atoms with Gasteiger partial charge in [0.15, 0.2) is 0 Å². The van der Waals surface area contributed by atoms with Crippen molar-refractivity contribution in [2.24, 2.45) is 0 Å². The van der Waals surface area contributed by atoms with Crippen molar-refractivity contribution in [3.63, 3.8) is 0 Å². The summed E-state index contributed by atoms with van der Waals surface area (Å²) in [4.78, 5) is 6.44. The van der Waals surface area contributed by atoms with Crippen LogP contribution in [-0.2, 0) is 26.2 Å². The van der Waals surface area contributed by atoms with Gasteiger partial charge in [0.1, 0.15) is 11.6 Å². The normalized spacial score (nSPS) is 11.0. The van der Waals surface area contributed by atoms with E-state index in [4.69, 9.17) is 4.74 Å². The molecular weight excluding hydrogens is 343 g/mol. The van der Waals surface area contributed by atoms with Gasteiger partial charge in [0.05, 0.1) is 13.7 Å². The number of hydrogen-bond donors (Lipinski definition) is 1. The lowest BCUT2D eigenvalue weighted by molar-refractivity contribution is 0.246. The first-order chi connectivity index (χ1) is 13.2. The molecule has 3 rings (SSSR count). The van der Waals surface area contributed by atoms with Gasteiger partial charge in [-0.2, -0.15) is 0 Å². The number of benzene rings is 2. The van der Waals surface area contributed by atoms with Crippen LogP contribution in [0.15, 0.2) is 67.0 Å². The van der Waals surface area contributed by atoms with Crippen LogP contribution in [0.2, 0.25) is 0 Å². The van der Waals surface area contributed by atoms with Gasteiger partial charge in [0.2, 0.25) is 0 Å². The lowest BCUT2D eigenvalue weighted by Gasteiger charge is -2.23. The highest BCUT2D eigenvalue weighted by Gasteiger charge is 2.11. The average molecular weight is 366 g/mol. The van der Waals surface area contributed by atoms with Crippen molar-refractivity contribution < 1.29 is 14.2 Å². The molecule has 0 aliphatic rings. The van der Waals surface area contributed by atoms with Crippen LogP contribution in [-0.4, -0.2) is 22.1 Å². The number of halogens is 1. The third kappa shape index (κ3) is 5.36. The molecule has 0 fully saturated rings. The smallest absolute Gasteiger partial charge is 0.124 e. The number of hydrogen-bond acceptors (Lipinski definition) is 4. The largest absolute Gasteiger partial charge is 0.496 e. The Morgan fingerprint density at radius 2 is 1.67 bits per heavy atom. The number of ether oxygens (including phenoxy) is 1. The van der Waals surface area contributed by atoms with Crippen molar-refractivity contribution in [2.75, 3.05) is 7.11 Å². The van der Waals surface area contributed by atoms with E-state index in [1.807, 2.05) is 36.5 Å². The standard InChI is InChI=1S/C22H23FN2O2/c1-27-22-9-6-18(11-20(22)16-26)14-25(15-19-3-2-10-24-12-19)13-17-4-7-21(23)8-5-17/h2-12,26H,13-16H2,1H3. The molecule has 0 atom stereocenters. The number of aliphatic hydroxyl groups excluding tert-OH is 1. The van der Waals surface area contributed by atoms with Gasteiger partial charge < -0.3 is 9.84 Å². The molecule has 2 aromatic carbocycles. The van der Waals surface area contributed by atoms with E-state index in [1.54, 1.807) is 25.4 Å². The third-order valence-corrected chi connectivity index (χ3v) is 4.37. The van der Waals surface area contributed by atoms with E-state index < -0.39 is 0 Å². The van der Waals surface area contributed by atoms with Gasteiger partial charge in [-0.05, 0) is 47.0 Å². The zero-order chi connectivity index (χ0) is 19.1. The van der Waals surface area contributed by atoms with E-state index in [-0.39, 0.29) is 12.4 Å². The van der Waals surface area contributed by atoms with Crippen LogP contribution in [0.5, 0.6) is 5.75 Å². The number of pyridine rings is 1. The Labute approximate surface area is 158 Å². The highest BCUT2D eigenvalue weighted by molar-refractivity contribution is 5.37. The summed E-state index contributed by atoms with van der Waals surface area (Å²) in [5, 5.41) is 9.57. The molecule has 0 aliphatic carbocycles. The Morgan fingerprint density at radius 1 is 0.963 bits per heavy atom. The summed E-state index contributed by atoms with van der Waals surface area (Å²) in [6.45, 7) is 2.00. The molecular formula is C22H23FN2O2. The van der Waals surface area contributed by atoms with Gasteiger partial charge >= 0.3 is 0 Å². The summed E-state index contributed by atoms with van der Waals surface area (Å²) in [5.41, 5.74) is 3.98. The van der Waals surface area contributed by atoms with Crippen LogP contribution in [0.4, 0.5) is 4.39 Å². The van der Waals surface area contributed by atoms with Crippen LogP contribution in [0.1, 0.15) is 22.3 Å². The SMILES string of the molecule is COc1ccc(CN(Cc2ccc(F)cc2)Cc2cccnc2)cc1CO. The summed E-state index contributed by atoms with van der Waals surface area (Å²) < 4.78 is 18.5. The van der Waals surface area contributed by atoms with Crippen LogP contribution >= 0.6 is 0 Å². The summed E-state index contributed by atoms with van der Waals surface area (Å²) in [7, 11) is 1.59. The fourth-order valence-corrected chi connectivity index (χ4v) is 3.08. The van der Waals surface area contributed by atoms with Crippen molar-refractivity contribution in [1.82, 2.24) is 9.88 Å². The zero-order valence-electron chi connectivity index (χ0n) is 15.3. The molecule has 5 heteroatoms. The number of rotatable bonds is 8. The molecule has 1 heterocycles. The molecule has 0 unspecified atom stereocenters. The van der Waals surface area contributed by atoms with Gasteiger partial charge in [-0.3, -0.25) is 9.88 Å². The van der Waals surface area contributed by atoms with Gasteiger partial charge in [-0.1, -0.05) is 24.3 Å². The lowest BCUT2D eigenvalue weighted by atomic mass is 10.1. The molecule has 4 nitrogen and oxygen atoms in total. The monoisotopic (exact) mass is 366 g/mol. The van der Waals surface area contributed by atoms with Crippen molar-refractivity contribution in [3.8, 4) is 5.75 Å². The first-order valence-corrected chi connectivity index (χ1v) is 8.80. The van der Waals surface area contributed by atoms with E-state index in [1.165, 1.54) is 12.1 Å². The Morgan fingerprint density at radius 3 is 2.33 bits per heavy atom. The van der Waals surface area contributed by atoms with Crippen molar-refractivity contribution in [2.45, 2.75) is 26.2 Å². The van der Waals surface area contributed by atoms with E-state index in [2.05, 4.69) is 9.88 Å². The van der Waals surface area contributed by atoms with Crippen LogP contribution in [0, 0.1) is 5.82 Å². The van der Waals surface area contributed by atoms with Gasteiger partial charge in [-0.25, -0.2) is 4.39 Å². The molecule has 0 spiro atoms. The predicted octanol–water partition coefficient (Wildman–Crippen LogP) is 3.92. The molecule has 0 aliphatic heterocycles. The lowest BCUT2D eigenvalue weighted by Crippen LogP contribution is -2.22. The van der Waals surface area contributed by atoms with E-state index in [9.17, 15) is 9.50 Å². The molecule has 1 aromatic heterocycles. The Balaban J connectivity index is 1.81. The molecule has 0 saturated heterocycles. The fraction of sp³-hybridized carbons (Fsp3) is 0.227. The number of nitrogens with zero attached hydrogens (tertiary/aromatic N) is 2. The molecule has 0 amide bonds. The molecule has 27 heavy (non-hydrogen) atoms. The molecule has 0 radical (unpaired) electrons. The summed E-state index contributed by atoms with van der Waals surface area (Å²) in [6.07, 6.45) is 3.61. The average Bonchev–Trinajstić information content (AvgIpc) is 2.70. The zero-order valence-corrected chi connectivity index (χ0v) is 15.3. The van der Waals surface area contributed by atoms with Gasteiger partial charge in [-0.15, -0.1) is 0 Å². The molecule has 140 valence electrons. The van der Waals surface area contributed by atoms with Crippen molar-refractivity contribution in [1.29, 1.82) is 0 Å². The highest BCUT2D eigenvalue weighted by Crippen LogP contribution is 2.22. The topological polar surface area (TPSA) is 45.6 Å². The van der Waals surface area contributed by atoms with E-state index in [0.717, 1.165) is 22.3 Å². The quantitative estimate of drug-likeness (QED) is 0.656. The van der Waals surface area contributed by atoms with Crippen molar-refractivity contribution >= 4 is 0 Å². The second-order valence-corrected chi connectivity index (χ2v) is 6.44. The minimum Gasteiger partial charge on any atom is -0.496 e. The second kappa shape index (κ2) is 9.26. The first kappa shape index (κ1) is 19.0. The number of aliphatic hydroxyl groups is 1. The summed E-state index contributed by atoms with van der Waals surface area (Å²) in [6, 6.07) is 16.4. The first-order valence-electron chi connectivity index (χ1n) is 8.80. The van der Waals surface area contributed by atoms with Gasteiger partial charge in [0.25, 0.3) is 0 Å². The van der Waals surface area contributed by atoms with E-state index >= 15 is 0 Å². The minimum atomic E-state index is -0.236. The third-order valence-electron chi connectivity index (χ3n) is 4.37. The summed E-state index contributed by atoms with van der Waals surface area (Å²) >= 11 is 0. The number of methoxy groups -OCH3 is 1. The Bertz CT molecular complexity index is 854. The minimum absolute atomic E-state index is 0.0718. The summed E-state index contributed by atoms with van der Waals surface area (Å²) in [5.74, 6) is 0.443. The predicted molar refractivity (Wildman–Crippen MR) is 103 cm³/mol. The fourth-order valence-electron chi connectivity index (χ4n) is 3.08. The van der Waals surface area contributed by atoms with Crippen LogP contribution < -0.4 is 4.74 Å². The Hall–Kier alpha value is -2.76. The molecule has 1 N–H and O–H groups in total. The maximum atomic E-state index is 13.2. The van der Waals surface area contributed by atoms with Crippen LogP contribution in [0.3, 0.4) is 0 Å². The second-order valence-electron chi connectivity index (χ2n) is 6.44. The molecule has 0 saturated carbocycles. The maximum absolute atomic E-state index is 13.2. The van der Waals surface area contributed by atoms with Crippen molar-refractivity contribution in [3.05, 3.63) is 95.1 Å². The Kier molecular flexibility index (Phi) is 6.52. The maximum Gasteiger partial charge on any atom is 0.124 e. The molecule has 3 aromatic rings. The van der Waals surface area contributed by atoms with E-state index in [0.29, 0.717) is 25.4 Å². The molecule has 0 bridgehead atoms. The highest BCUT2D eigenvalue weighted by atomic mass is 19.1. The number of aromatic nitrogens is 1. The van der Waals surface area contributed by atoms with Crippen LogP contribution in [0.25, 0.3) is 0 Å².